The molecule has 0 fully saturated rings. The molecule has 0 bridgehead atoms. The van der Waals surface area contributed by atoms with Gasteiger partial charge in [-0.2, -0.15) is 10.2 Å². The highest BCUT2D eigenvalue weighted by Gasteiger charge is 2.02. The second-order valence-corrected chi connectivity index (χ2v) is 4.53. The van der Waals surface area contributed by atoms with Gasteiger partial charge in [-0.15, -0.1) is 0 Å². The predicted molar refractivity (Wildman–Crippen MR) is 76.0 cm³/mol. The van der Waals surface area contributed by atoms with Gasteiger partial charge in [0, 0.05) is 29.7 Å². The van der Waals surface area contributed by atoms with E-state index in [2.05, 4.69) is 15.5 Å². The minimum atomic E-state index is 0.120. The van der Waals surface area contributed by atoms with Crippen LogP contribution in [-0.2, 0) is 6.54 Å². The number of nitrogens with one attached hydrogen (secondary N) is 1. The van der Waals surface area contributed by atoms with Gasteiger partial charge in [-0.1, -0.05) is 0 Å². The number of hydrogen-bond acceptors (Lipinski definition) is 5. The van der Waals surface area contributed by atoms with E-state index in [1.54, 1.807) is 6.20 Å². The van der Waals surface area contributed by atoms with Crippen molar-refractivity contribution in [3.63, 3.8) is 0 Å². The molecule has 0 spiro atoms. The van der Waals surface area contributed by atoms with Crippen molar-refractivity contribution in [2.75, 3.05) is 11.1 Å². The van der Waals surface area contributed by atoms with Crippen LogP contribution in [0.5, 0.6) is 5.75 Å². The Morgan fingerprint density at radius 3 is 2.84 bits per heavy atom. The van der Waals surface area contributed by atoms with Crippen LogP contribution >= 0.6 is 0 Å². The molecule has 3 N–H and O–H groups in total. The van der Waals surface area contributed by atoms with Gasteiger partial charge in [0.25, 0.3) is 0 Å². The van der Waals surface area contributed by atoms with Crippen molar-refractivity contribution in [2.24, 2.45) is 0 Å². The molecule has 0 aliphatic heterocycles. The van der Waals surface area contributed by atoms with Crippen LogP contribution in [0, 0.1) is 0 Å². The van der Waals surface area contributed by atoms with E-state index in [9.17, 15) is 0 Å². The fraction of sp³-hybridized carbons (Fsp3) is 0.286. The number of anilines is 2. The molecule has 1 aromatic carbocycles. The Morgan fingerprint density at radius 2 is 2.16 bits per heavy atom. The van der Waals surface area contributed by atoms with E-state index in [-0.39, 0.29) is 6.10 Å². The van der Waals surface area contributed by atoms with Crippen molar-refractivity contribution in [1.82, 2.24) is 10.2 Å². The van der Waals surface area contributed by atoms with Crippen LogP contribution in [0.3, 0.4) is 0 Å². The molecule has 0 saturated carbocycles. The molecule has 1 aromatic heterocycles. The first kappa shape index (κ1) is 13.1. The maximum Gasteiger partial charge on any atom is 0.123 e. The zero-order chi connectivity index (χ0) is 13.7. The first-order valence-electron chi connectivity index (χ1n) is 6.21. The highest BCUT2D eigenvalue weighted by molar-refractivity contribution is 5.59. The Hall–Kier alpha value is -2.30. The summed E-state index contributed by atoms with van der Waals surface area (Å²) < 4.78 is 5.64. The van der Waals surface area contributed by atoms with E-state index in [0.29, 0.717) is 12.2 Å². The molecule has 0 aliphatic rings. The number of nitrogens with zero attached hydrogens (tertiary/aromatic N) is 2. The third kappa shape index (κ3) is 4.13. The summed E-state index contributed by atoms with van der Waals surface area (Å²) in [6, 6.07) is 9.37. The van der Waals surface area contributed by atoms with Gasteiger partial charge in [0.2, 0.25) is 0 Å². The lowest BCUT2D eigenvalue weighted by Gasteiger charge is -2.13. The Bertz CT molecular complexity index is 528. The lowest BCUT2D eigenvalue weighted by molar-refractivity contribution is 0.242. The molecular formula is C14H18N4O. The van der Waals surface area contributed by atoms with Crippen molar-refractivity contribution < 1.29 is 4.74 Å². The minimum Gasteiger partial charge on any atom is -0.491 e. The molecule has 5 nitrogen and oxygen atoms in total. The first-order valence-corrected chi connectivity index (χ1v) is 6.21. The number of nitrogens with two attached hydrogens (primary N) is 1. The summed E-state index contributed by atoms with van der Waals surface area (Å²) in [5.74, 6) is 0.761. The molecule has 1 heterocycles. The molecule has 0 unspecified atom stereocenters. The number of benzene rings is 1. The Labute approximate surface area is 112 Å². The van der Waals surface area contributed by atoms with E-state index < -0.39 is 0 Å². The maximum absolute atomic E-state index is 5.86. The third-order valence-electron chi connectivity index (χ3n) is 2.40. The minimum absolute atomic E-state index is 0.120. The van der Waals surface area contributed by atoms with Crippen LogP contribution in [0.15, 0.2) is 36.5 Å². The molecule has 100 valence electrons. The van der Waals surface area contributed by atoms with Crippen LogP contribution in [-0.4, -0.2) is 16.3 Å². The molecule has 19 heavy (non-hydrogen) atoms. The fourth-order valence-electron chi connectivity index (χ4n) is 1.68. The summed E-state index contributed by atoms with van der Waals surface area (Å²) in [6.45, 7) is 4.56. The zero-order valence-electron chi connectivity index (χ0n) is 11.1. The van der Waals surface area contributed by atoms with Gasteiger partial charge < -0.3 is 15.8 Å². The summed E-state index contributed by atoms with van der Waals surface area (Å²) in [5.41, 5.74) is 8.30. The first-order chi connectivity index (χ1) is 9.13. The predicted octanol–water partition coefficient (Wildman–Crippen LogP) is 2.46. The SMILES string of the molecule is CC(C)Oc1cc(N)cc(NCc2cccnn2)c1. The average Bonchev–Trinajstić information content (AvgIpc) is 2.36. The van der Waals surface area contributed by atoms with Crippen molar-refractivity contribution in [1.29, 1.82) is 0 Å². The van der Waals surface area contributed by atoms with Crippen LogP contribution < -0.4 is 15.8 Å². The highest BCUT2D eigenvalue weighted by atomic mass is 16.5. The molecular weight excluding hydrogens is 240 g/mol. The smallest absolute Gasteiger partial charge is 0.123 e. The third-order valence-corrected chi connectivity index (χ3v) is 2.40. The molecule has 0 atom stereocenters. The molecule has 0 aliphatic carbocycles. The van der Waals surface area contributed by atoms with Crippen molar-refractivity contribution >= 4 is 11.4 Å². The standard InChI is InChI=1S/C14H18N4O/c1-10(2)19-14-7-11(15)6-13(8-14)16-9-12-4-3-5-17-18-12/h3-8,10,16H,9,15H2,1-2H3. The van der Waals surface area contributed by atoms with Gasteiger partial charge in [0.1, 0.15) is 5.75 Å². The average molecular weight is 258 g/mol. The van der Waals surface area contributed by atoms with Crippen molar-refractivity contribution in [3.8, 4) is 5.75 Å². The van der Waals surface area contributed by atoms with Crippen LogP contribution in [0.2, 0.25) is 0 Å². The van der Waals surface area contributed by atoms with Gasteiger partial charge in [0.15, 0.2) is 0 Å². The van der Waals surface area contributed by atoms with Gasteiger partial charge in [-0.3, -0.25) is 0 Å². The topological polar surface area (TPSA) is 73.1 Å². The highest BCUT2D eigenvalue weighted by Crippen LogP contribution is 2.23. The number of nitrogen functional groups attached to an aromatic ring is 1. The number of hydrogen-bond donors (Lipinski definition) is 2. The van der Waals surface area contributed by atoms with E-state index >= 15 is 0 Å². The Balaban J connectivity index is 2.05. The second-order valence-electron chi connectivity index (χ2n) is 4.53. The van der Waals surface area contributed by atoms with E-state index in [1.165, 1.54) is 0 Å². The summed E-state index contributed by atoms with van der Waals surface area (Å²) in [5, 5.41) is 11.1. The summed E-state index contributed by atoms with van der Waals surface area (Å²) >= 11 is 0. The summed E-state index contributed by atoms with van der Waals surface area (Å²) in [7, 11) is 0. The van der Waals surface area contributed by atoms with Crippen LogP contribution in [0.25, 0.3) is 0 Å². The number of aromatic nitrogens is 2. The van der Waals surface area contributed by atoms with Gasteiger partial charge in [-0.25, -0.2) is 0 Å². The quantitative estimate of drug-likeness (QED) is 0.806. The molecule has 2 rings (SSSR count). The van der Waals surface area contributed by atoms with E-state index in [4.69, 9.17) is 10.5 Å². The summed E-state index contributed by atoms with van der Waals surface area (Å²) in [4.78, 5) is 0. The summed E-state index contributed by atoms with van der Waals surface area (Å²) in [6.07, 6.45) is 1.77. The molecule has 0 saturated heterocycles. The second kappa shape index (κ2) is 6.04. The lowest BCUT2D eigenvalue weighted by atomic mass is 10.2. The Morgan fingerprint density at radius 1 is 1.32 bits per heavy atom. The van der Waals surface area contributed by atoms with Crippen molar-refractivity contribution in [2.45, 2.75) is 26.5 Å². The van der Waals surface area contributed by atoms with E-state index in [1.807, 2.05) is 44.2 Å². The maximum atomic E-state index is 5.86. The van der Waals surface area contributed by atoms with Crippen molar-refractivity contribution in [3.05, 3.63) is 42.2 Å². The normalized spacial score (nSPS) is 10.5. The van der Waals surface area contributed by atoms with Crippen LogP contribution in [0.1, 0.15) is 19.5 Å². The monoisotopic (exact) mass is 258 g/mol. The molecule has 2 aromatic rings. The van der Waals surface area contributed by atoms with Gasteiger partial charge >= 0.3 is 0 Å². The molecule has 0 amide bonds. The molecule has 0 radical (unpaired) electrons. The van der Waals surface area contributed by atoms with Crippen LogP contribution in [0.4, 0.5) is 11.4 Å². The number of rotatable bonds is 5. The fourth-order valence-corrected chi connectivity index (χ4v) is 1.68. The molecule has 5 heteroatoms. The largest absolute Gasteiger partial charge is 0.491 e. The van der Waals surface area contributed by atoms with E-state index in [0.717, 1.165) is 17.1 Å². The Kier molecular flexibility index (Phi) is 4.18. The van der Waals surface area contributed by atoms with Gasteiger partial charge in [0.05, 0.1) is 18.3 Å². The zero-order valence-corrected chi connectivity index (χ0v) is 11.1. The number of ether oxygens (including phenoxy) is 1. The lowest BCUT2D eigenvalue weighted by Crippen LogP contribution is -2.07. The van der Waals surface area contributed by atoms with Gasteiger partial charge in [-0.05, 0) is 32.0 Å².